The molecular formula is C27H28N2O6. The van der Waals surface area contributed by atoms with Crippen LogP contribution in [0.2, 0.25) is 0 Å². The van der Waals surface area contributed by atoms with Gasteiger partial charge < -0.3 is 23.8 Å². The lowest BCUT2D eigenvalue weighted by molar-refractivity contribution is -0.138. The standard InChI is InChI=1S/C27H28N2O6/c1-18-26(30)29(15-20-9-11-23(32-2)14-25(20)33-3)16-21-13-22(10-12-24(21)35-18)28-27(31)34-17-19-7-5-4-6-8-19/h4-14,18H,15-17H2,1-3H3,(H,28,31)/t18-/m0/s1. The van der Waals surface area contributed by atoms with Crippen molar-refractivity contribution in [3.8, 4) is 17.2 Å². The lowest BCUT2D eigenvalue weighted by Crippen LogP contribution is -2.37. The van der Waals surface area contributed by atoms with Crippen molar-refractivity contribution in [1.82, 2.24) is 4.90 Å². The van der Waals surface area contributed by atoms with E-state index in [4.69, 9.17) is 18.9 Å². The molecule has 0 radical (unpaired) electrons. The molecule has 35 heavy (non-hydrogen) atoms. The third kappa shape index (κ3) is 5.84. The number of fused-ring (bicyclic) bond motifs is 1. The van der Waals surface area contributed by atoms with Crippen LogP contribution in [0.1, 0.15) is 23.6 Å². The summed E-state index contributed by atoms with van der Waals surface area (Å²) < 4.78 is 22.0. The number of anilines is 1. The van der Waals surface area contributed by atoms with E-state index in [1.165, 1.54) is 0 Å². The minimum atomic E-state index is -0.657. The van der Waals surface area contributed by atoms with E-state index in [-0.39, 0.29) is 12.5 Å². The smallest absolute Gasteiger partial charge is 0.411 e. The second-order valence-corrected chi connectivity index (χ2v) is 8.14. The van der Waals surface area contributed by atoms with Crippen molar-refractivity contribution < 1.29 is 28.5 Å². The molecule has 182 valence electrons. The van der Waals surface area contributed by atoms with Gasteiger partial charge in [-0.2, -0.15) is 0 Å². The van der Waals surface area contributed by atoms with Gasteiger partial charge in [-0.1, -0.05) is 30.3 Å². The van der Waals surface area contributed by atoms with E-state index >= 15 is 0 Å². The average Bonchev–Trinajstić information content (AvgIpc) is 2.99. The number of ether oxygens (including phenoxy) is 4. The van der Waals surface area contributed by atoms with E-state index in [1.54, 1.807) is 50.3 Å². The fourth-order valence-electron chi connectivity index (χ4n) is 3.88. The molecule has 0 saturated heterocycles. The SMILES string of the molecule is COc1ccc(CN2Cc3cc(NC(=O)OCc4ccccc4)ccc3O[C@@H](C)C2=O)c(OC)c1. The normalized spacial score (nSPS) is 14.9. The number of hydrogen-bond donors (Lipinski definition) is 1. The predicted octanol–water partition coefficient (Wildman–Crippen LogP) is 4.76. The van der Waals surface area contributed by atoms with Crippen LogP contribution in [0.4, 0.5) is 10.5 Å². The van der Waals surface area contributed by atoms with Gasteiger partial charge in [0.15, 0.2) is 6.10 Å². The highest BCUT2D eigenvalue weighted by molar-refractivity contribution is 5.85. The van der Waals surface area contributed by atoms with Crippen LogP contribution in [-0.4, -0.2) is 37.2 Å². The third-order valence-electron chi connectivity index (χ3n) is 5.70. The first kappa shape index (κ1) is 23.9. The molecule has 0 saturated carbocycles. The van der Waals surface area contributed by atoms with Gasteiger partial charge in [-0.05, 0) is 42.8 Å². The molecule has 8 nitrogen and oxygen atoms in total. The molecule has 0 aliphatic carbocycles. The number of amides is 2. The van der Waals surface area contributed by atoms with Crippen LogP contribution in [0.25, 0.3) is 0 Å². The molecule has 1 N–H and O–H groups in total. The quantitative estimate of drug-likeness (QED) is 0.529. The van der Waals surface area contributed by atoms with Crippen LogP contribution in [0.15, 0.2) is 66.7 Å². The highest BCUT2D eigenvalue weighted by Gasteiger charge is 2.29. The first-order valence-electron chi connectivity index (χ1n) is 11.2. The molecule has 0 bridgehead atoms. The largest absolute Gasteiger partial charge is 0.497 e. The molecule has 0 unspecified atom stereocenters. The lowest BCUT2D eigenvalue weighted by Gasteiger charge is -2.23. The van der Waals surface area contributed by atoms with Crippen molar-refractivity contribution in [2.75, 3.05) is 19.5 Å². The van der Waals surface area contributed by atoms with Crippen molar-refractivity contribution in [2.24, 2.45) is 0 Å². The highest BCUT2D eigenvalue weighted by Crippen LogP contribution is 2.31. The summed E-state index contributed by atoms with van der Waals surface area (Å²) in [5, 5.41) is 2.75. The maximum Gasteiger partial charge on any atom is 0.411 e. The lowest BCUT2D eigenvalue weighted by atomic mass is 10.1. The van der Waals surface area contributed by atoms with Gasteiger partial charge >= 0.3 is 6.09 Å². The number of carbonyl (C=O) groups excluding carboxylic acids is 2. The summed E-state index contributed by atoms with van der Waals surface area (Å²) in [5.74, 6) is 1.76. The molecule has 3 aromatic carbocycles. The molecule has 1 aliphatic rings. The van der Waals surface area contributed by atoms with Gasteiger partial charge in [0.25, 0.3) is 5.91 Å². The van der Waals surface area contributed by atoms with Crippen LogP contribution in [0.5, 0.6) is 17.2 Å². The summed E-state index contributed by atoms with van der Waals surface area (Å²) in [6.07, 6.45) is -1.22. The molecule has 3 aromatic rings. The third-order valence-corrected chi connectivity index (χ3v) is 5.70. The Balaban J connectivity index is 1.49. The Morgan fingerprint density at radius 3 is 2.60 bits per heavy atom. The number of methoxy groups -OCH3 is 2. The molecular weight excluding hydrogens is 448 g/mol. The molecule has 4 rings (SSSR count). The van der Waals surface area contributed by atoms with Crippen LogP contribution in [0.3, 0.4) is 0 Å². The number of nitrogens with one attached hydrogen (secondary N) is 1. The fourth-order valence-corrected chi connectivity index (χ4v) is 3.88. The van der Waals surface area contributed by atoms with Crippen molar-refractivity contribution in [3.63, 3.8) is 0 Å². The molecule has 1 heterocycles. The molecule has 0 spiro atoms. The van der Waals surface area contributed by atoms with Crippen LogP contribution in [-0.2, 0) is 29.2 Å². The van der Waals surface area contributed by atoms with Gasteiger partial charge in [-0.3, -0.25) is 10.1 Å². The van der Waals surface area contributed by atoms with E-state index in [0.717, 1.165) is 16.7 Å². The Labute approximate surface area is 204 Å². The fraction of sp³-hybridized carbons (Fsp3) is 0.259. The number of nitrogens with zero attached hydrogens (tertiary/aromatic N) is 1. The molecule has 0 fully saturated rings. The molecule has 1 atom stereocenters. The van der Waals surface area contributed by atoms with E-state index in [0.29, 0.717) is 36.0 Å². The van der Waals surface area contributed by atoms with E-state index in [1.807, 2.05) is 42.5 Å². The summed E-state index contributed by atoms with van der Waals surface area (Å²) >= 11 is 0. The zero-order valence-electron chi connectivity index (χ0n) is 19.9. The topological polar surface area (TPSA) is 86.3 Å². The van der Waals surface area contributed by atoms with E-state index in [2.05, 4.69) is 5.32 Å². The second kappa shape index (κ2) is 10.8. The minimum absolute atomic E-state index is 0.143. The Morgan fingerprint density at radius 1 is 1.06 bits per heavy atom. The molecule has 2 amide bonds. The molecule has 8 heteroatoms. The monoisotopic (exact) mass is 476 g/mol. The minimum Gasteiger partial charge on any atom is -0.497 e. The van der Waals surface area contributed by atoms with Gasteiger partial charge in [-0.15, -0.1) is 0 Å². The van der Waals surface area contributed by atoms with E-state index < -0.39 is 12.2 Å². The molecule has 0 aromatic heterocycles. The summed E-state index contributed by atoms with van der Waals surface area (Å²) in [4.78, 5) is 27.1. The maximum atomic E-state index is 13.1. The van der Waals surface area contributed by atoms with Crippen LogP contribution < -0.4 is 19.5 Å². The Bertz CT molecular complexity index is 1200. The highest BCUT2D eigenvalue weighted by atomic mass is 16.5. The van der Waals surface area contributed by atoms with Crippen LogP contribution >= 0.6 is 0 Å². The second-order valence-electron chi connectivity index (χ2n) is 8.14. The van der Waals surface area contributed by atoms with Crippen molar-refractivity contribution >= 4 is 17.7 Å². The zero-order valence-corrected chi connectivity index (χ0v) is 19.9. The summed E-state index contributed by atoms with van der Waals surface area (Å²) in [6.45, 7) is 2.53. The molecule has 1 aliphatic heterocycles. The first-order valence-corrected chi connectivity index (χ1v) is 11.2. The summed E-state index contributed by atoms with van der Waals surface area (Å²) in [5.41, 5.74) is 3.07. The van der Waals surface area contributed by atoms with Crippen LogP contribution in [0, 0.1) is 0 Å². The maximum absolute atomic E-state index is 13.1. The van der Waals surface area contributed by atoms with Crippen molar-refractivity contribution in [1.29, 1.82) is 0 Å². The Morgan fingerprint density at radius 2 is 1.86 bits per heavy atom. The van der Waals surface area contributed by atoms with Gasteiger partial charge in [0.1, 0.15) is 23.9 Å². The Hall–Kier alpha value is -4.20. The van der Waals surface area contributed by atoms with Crippen molar-refractivity contribution in [2.45, 2.75) is 32.7 Å². The zero-order chi connectivity index (χ0) is 24.8. The Kier molecular flexibility index (Phi) is 7.40. The van der Waals surface area contributed by atoms with Gasteiger partial charge in [0.05, 0.1) is 14.2 Å². The van der Waals surface area contributed by atoms with E-state index in [9.17, 15) is 9.59 Å². The summed E-state index contributed by atoms with van der Waals surface area (Å²) in [7, 11) is 3.17. The summed E-state index contributed by atoms with van der Waals surface area (Å²) in [6, 6.07) is 20.2. The predicted molar refractivity (Wildman–Crippen MR) is 131 cm³/mol. The number of carbonyl (C=O) groups is 2. The van der Waals surface area contributed by atoms with Gasteiger partial charge in [-0.25, -0.2) is 4.79 Å². The number of benzene rings is 3. The first-order chi connectivity index (χ1) is 17.0. The number of hydrogen-bond acceptors (Lipinski definition) is 6. The average molecular weight is 477 g/mol. The van der Waals surface area contributed by atoms with Gasteiger partial charge in [0.2, 0.25) is 0 Å². The van der Waals surface area contributed by atoms with Gasteiger partial charge in [0, 0.05) is 36.0 Å². The number of rotatable bonds is 7. The van der Waals surface area contributed by atoms with Crippen molar-refractivity contribution in [3.05, 3.63) is 83.4 Å².